The first kappa shape index (κ1) is 16.5. The average molecular weight is 291 g/mol. The van der Waals surface area contributed by atoms with Crippen molar-refractivity contribution in [3.63, 3.8) is 0 Å². The van der Waals surface area contributed by atoms with Gasteiger partial charge in [0.15, 0.2) is 0 Å². The van der Waals surface area contributed by atoms with E-state index in [4.69, 9.17) is 0 Å². The van der Waals surface area contributed by atoms with Crippen LogP contribution in [0.4, 0.5) is 4.39 Å². The molecule has 0 aliphatic heterocycles. The van der Waals surface area contributed by atoms with Crippen molar-refractivity contribution in [2.45, 2.75) is 65.3 Å². The highest BCUT2D eigenvalue weighted by Crippen LogP contribution is 2.36. The Hall–Kier alpha value is -0.890. The van der Waals surface area contributed by atoms with Crippen molar-refractivity contribution in [2.24, 2.45) is 11.8 Å². The predicted molar refractivity (Wildman–Crippen MR) is 88.0 cm³/mol. The van der Waals surface area contributed by atoms with Crippen LogP contribution in [-0.4, -0.2) is 12.6 Å². The first-order valence-corrected chi connectivity index (χ1v) is 8.62. The molecular formula is C19H30FN. The van der Waals surface area contributed by atoms with Gasteiger partial charge in [-0.3, -0.25) is 0 Å². The Morgan fingerprint density at radius 3 is 2.76 bits per heavy atom. The zero-order valence-corrected chi connectivity index (χ0v) is 13.8. The van der Waals surface area contributed by atoms with Gasteiger partial charge in [-0.05, 0) is 74.2 Å². The Bertz CT molecular complexity index is 443. The second-order valence-corrected chi connectivity index (χ2v) is 6.68. The highest BCUT2D eigenvalue weighted by atomic mass is 19.1. The van der Waals surface area contributed by atoms with Gasteiger partial charge in [0.1, 0.15) is 5.82 Å². The Morgan fingerprint density at radius 1 is 1.29 bits per heavy atom. The molecule has 0 spiro atoms. The van der Waals surface area contributed by atoms with Gasteiger partial charge in [0.2, 0.25) is 0 Å². The molecule has 3 atom stereocenters. The van der Waals surface area contributed by atoms with Crippen LogP contribution < -0.4 is 5.32 Å². The van der Waals surface area contributed by atoms with Crippen LogP contribution in [0.2, 0.25) is 0 Å². The van der Waals surface area contributed by atoms with Crippen LogP contribution in [0.5, 0.6) is 0 Å². The van der Waals surface area contributed by atoms with Crippen LogP contribution in [-0.2, 0) is 6.42 Å². The summed E-state index contributed by atoms with van der Waals surface area (Å²) in [5.41, 5.74) is 2.38. The molecule has 0 heterocycles. The molecule has 1 aliphatic carbocycles. The Labute approximate surface area is 129 Å². The monoisotopic (exact) mass is 291 g/mol. The third kappa shape index (κ3) is 4.54. The Balaban J connectivity index is 2.07. The van der Waals surface area contributed by atoms with Crippen molar-refractivity contribution in [3.05, 3.63) is 35.1 Å². The summed E-state index contributed by atoms with van der Waals surface area (Å²) >= 11 is 0. The number of nitrogens with one attached hydrogen (secondary N) is 1. The number of hydrogen-bond donors (Lipinski definition) is 1. The molecular weight excluding hydrogens is 261 g/mol. The third-order valence-corrected chi connectivity index (χ3v) is 5.14. The number of rotatable bonds is 7. The van der Waals surface area contributed by atoms with E-state index in [0.29, 0.717) is 6.04 Å². The Kier molecular flexibility index (Phi) is 6.22. The molecule has 0 saturated heterocycles. The standard InChI is InChI=1S/C19H30FN/c1-4-10-21-19(16-8-7-15(5-2)11-16)13-17-12-18(20)9-6-14(17)3/h6,9,12,15-16,19,21H,4-5,7-8,10-11,13H2,1-3H3. The van der Waals surface area contributed by atoms with Crippen molar-refractivity contribution in [1.29, 1.82) is 0 Å². The largest absolute Gasteiger partial charge is 0.313 e. The van der Waals surface area contributed by atoms with Gasteiger partial charge >= 0.3 is 0 Å². The lowest BCUT2D eigenvalue weighted by molar-refractivity contribution is 0.343. The molecule has 0 radical (unpaired) electrons. The van der Waals surface area contributed by atoms with Crippen LogP contribution in [0.1, 0.15) is 57.1 Å². The maximum Gasteiger partial charge on any atom is 0.123 e. The summed E-state index contributed by atoms with van der Waals surface area (Å²) in [5, 5.41) is 3.73. The van der Waals surface area contributed by atoms with Crippen LogP contribution in [0.25, 0.3) is 0 Å². The maximum atomic E-state index is 13.5. The molecule has 1 aromatic rings. The highest BCUT2D eigenvalue weighted by Gasteiger charge is 2.30. The van der Waals surface area contributed by atoms with E-state index in [2.05, 4.69) is 26.1 Å². The van der Waals surface area contributed by atoms with E-state index >= 15 is 0 Å². The molecule has 0 bridgehead atoms. The van der Waals surface area contributed by atoms with Crippen LogP contribution in [0.15, 0.2) is 18.2 Å². The van der Waals surface area contributed by atoms with Crippen molar-refractivity contribution < 1.29 is 4.39 Å². The summed E-state index contributed by atoms with van der Waals surface area (Å²) in [5.74, 6) is 1.54. The molecule has 1 fully saturated rings. The van der Waals surface area contributed by atoms with Crippen molar-refractivity contribution in [1.82, 2.24) is 5.32 Å². The fourth-order valence-electron chi connectivity index (χ4n) is 3.68. The fourth-order valence-corrected chi connectivity index (χ4v) is 3.68. The van der Waals surface area contributed by atoms with E-state index in [1.165, 1.54) is 36.8 Å². The lowest BCUT2D eigenvalue weighted by Gasteiger charge is -2.26. The topological polar surface area (TPSA) is 12.0 Å². The summed E-state index contributed by atoms with van der Waals surface area (Å²) in [6, 6.07) is 5.70. The normalized spacial score (nSPS) is 23.4. The first-order chi connectivity index (χ1) is 10.1. The zero-order valence-electron chi connectivity index (χ0n) is 13.8. The first-order valence-electron chi connectivity index (χ1n) is 8.62. The third-order valence-electron chi connectivity index (χ3n) is 5.14. The Morgan fingerprint density at radius 2 is 2.10 bits per heavy atom. The van der Waals surface area contributed by atoms with E-state index in [1.807, 2.05) is 6.07 Å². The van der Waals surface area contributed by atoms with Crippen molar-refractivity contribution in [3.8, 4) is 0 Å². The predicted octanol–water partition coefficient (Wildman–Crippen LogP) is 4.87. The molecule has 2 rings (SSSR count). The van der Waals surface area contributed by atoms with Crippen molar-refractivity contribution in [2.75, 3.05) is 6.54 Å². The van der Waals surface area contributed by atoms with E-state index in [-0.39, 0.29) is 5.82 Å². The van der Waals surface area contributed by atoms with Gasteiger partial charge in [0, 0.05) is 6.04 Å². The summed E-state index contributed by atoms with van der Waals surface area (Å²) in [7, 11) is 0. The van der Waals surface area contributed by atoms with Crippen molar-refractivity contribution >= 4 is 0 Å². The molecule has 1 saturated carbocycles. The minimum atomic E-state index is -0.109. The number of halogens is 1. The second kappa shape index (κ2) is 7.93. The van der Waals surface area contributed by atoms with E-state index in [0.717, 1.165) is 31.2 Å². The average Bonchev–Trinajstić information content (AvgIpc) is 2.95. The minimum absolute atomic E-state index is 0.109. The highest BCUT2D eigenvalue weighted by molar-refractivity contribution is 5.27. The zero-order chi connectivity index (χ0) is 15.2. The molecule has 1 aromatic carbocycles. The van der Waals surface area contributed by atoms with E-state index in [9.17, 15) is 4.39 Å². The summed E-state index contributed by atoms with van der Waals surface area (Å²) < 4.78 is 13.5. The van der Waals surface area contributed by atoms with Crippen LogP contribution >= 0.6 is 0 Å². The van der Waals surface area contributed by atoms with Gasteiger partial charge in [-0.15, -0.1) is 0 Å². The molecule has 3 unspecified atom stereocenters. The lowest BCUT2D eigenvalue weighted by Crippen LogP contribution is -2.38. The van der Waals surface area contributed by atoms with Gasteiger partial charge in [-0.2, -0.15) is 0 Å². The second-order valence-electron chi connectivity index (χ2n) is 6.68. The fraction of sp³-hybridized carbons (Fsp3) is 0.684. The molecule has 2 heteroatoms. The molecule has 1 nitrogen and oxygen atoms in total. The molecule has 21 heavy (non-hydrogen) atoms. The van der Waals surface area contributed by atoms with Gasteiger partial charge in [-0.1, -0.05) is 32.8 Å². The summed E-state index contributed by atoms with van der Waals surface area (Å²) in [6.07, 6.45) is 7.46. The number of benzene rings is 1. The number of aryl methyl sites for hydroxylation is 1. The van der Waals surface area contributed by atoms with E-state index in [1.54, 1.807) is 12.1 Å². The van der Waals surface area contributed by atoms with Crippen LogP contribution in [0, 0.1) is 24.6 Å². The molecule has 1 aliphatic rings. The quantitative estimate of drug-likeness (QED) is 0.755. The van der Waals surface area contributed by atoms with Gasteiger partial charge in [0.25, 0.3) is 0 Å². The van der Waals surface area contributed by atoms with Crippen LogP contribution in [0.3, 0.4) is 0 Å². The molecule has 118 valence electrons. The number of hydrogen-bond acceptors (Lipinski definition) is 1. The summed E-state index contributed by atoms with van der Waals surface area (Å²) in [6.45, 7) is 7.67. The maximum absolute atomic E-state index is 13.5. The molecule has 0 aromatic heterocycles. The van der Waals surface area contributed by atoms with Gasteiger partial charge in [0.05, 0.1) is 0 Å². The smallest absolute Gasteiger partial charge is 0.123 e. The van der Waals surface area contributed by atoms with Gasteiger partial charge < -0.3 is 5.32 Å². The van der Waals surface area contributed by atoms with Gasteiger partial charge in [-0.25, -0.2) is 4.39 Å². The molecule has 1 N–H and O–H groups in total. The van der Waals surface area contributed by atoms with E-state index < -0.39 is 0 Å². The minimum Gasteiger partial charge on any atom is -0.313 e. The molecule has 0 amide bonds. The SMILES string of the molecule is CCCNC(Cc1cc(F)ccc1C)C1CCC(CC)C1. The lowest BCUT2D eigenvalue weighted by atomic mass is 9.89. The summed E-state index contributed by atoms with van der Waals surface area (Å²) in [4.78, 5) is 0.